The van der Waals surface area contributed by atoms with Crippen molar-refractivity contribution in [2.75, 3.05) is 20.8 Å². The van der Waals surface area contributed by atoms with E-state index in [0.717, 1.165) is 5.56 Å². The van der Waals surface area contributed by atoms with Crippen LogP contribution >= 0.6 is 0 Å². The van der Waals surface area contributed by atoms with E-state index in [1.165, 1.54) is 26.0 Å². The fraction of sp³-hybridized carbons (Fsp3) is 0.600. The van der Waals surface area contributed by atoms with Crippen molar-refractivity contribution in [3.05, 3.63) is 29.6 Å². The van der Waals surface area contributed by atoms with Gasteiger partial charge in [-0.3, -0.25) is 0 Å². The molecule has 4 heteroatoms. The second kappa shape index (κ2) is 6.35. The van der Waals surface area contributed by atoms with Gasteiger partial charge in [0.2, 0.25) is 0 Å². The number of rotatable bonds is 7. The van der Waals surface area contributed by atoms with Crippen molar-refractivity contribution < 1.29 is 13.9 Å². The maximum absolute atomic E-state index is 13.8. The van der Waals surface area contributed by atoms with E-state index in [4.69, 9.17) is 9.47 Å². The lowest BCUT2D eigenvalue weighted by molar-refractivity contribution is 0.0204. The Kier molecular flexibility index (Phi) is 4.77. The standard InChI is InChI=1S/C15H22FNO2/c1-4-19-15(10-5-6-10)14(17-2)11-7-8-13(18-3)12(16)9-11/h7-10,14-15,17H,4-6H2,1-3H3. The lowest BCUT2D eigenvalue weighted by atomic mass is 9.97. The maximum Gasteiger partial charge on any atom is 0.165 e. The third kappa shape index (κ3) is 3.25. The predicted molar refractivity (Wildman–Crippen MR) is 72.9 cm³/mol. The normalized spacial score (nSPS) is 18.1. The van der Waals surface area contributed by atoms with Gasteiger partial charge in [-0.15, -0.1) is 0 Å². The van der Waals surface area contributed by atoms with Crippen molar-refractivity contribution in [2.24, 2.45) is 5.92 Å². The third-order valence-corrected chi connectivity index (χ3v) is 3.62. The van der Waals surface area contributed by atoms with Gasteiger partial charge in [0.15, 0.2) is 11.6 Å². The Labute approximate surface area is 114 Å². The first-order valence-electron chi connectivity index (χ1n) is 6.83. The van der Waals surface area contributed by atoms with Crippen LogP contribution in [0.15, 0.2) is 18.2 Å². The summed E-state index contributed by atoms with van der Waals surface area (Å²) in [5.74, 6) is 0.534. The molecule has 3 nitrogen and oxygen atoms in total. The molecule has 1 N–H and O–H groups in total. The first-order valence-corrected chi connectivity index (χ1v) is 6.83. The van der Waals surface area contributed by atoms with Gasteiger partial charge in [-0.1, -0.05) is 6.07 Å². The summed E-state index contributed by atoms with van der Waals surface area (Å²) in [5, 5.41) is 3.26. The summed E-state index contributed by atoms with van der Waals surface area (Å²) in [4.78, 5) is 0. The van der Waals surface area contributed by atoms with Gasteiger partial charge in [-0.2, -0.15) is 0 Å². The summed E-state index contributed by atoms with van der Waals surface area (Å²) in [6.07, 6.45) is 2.51. The van der Waals surface area contributed by atoms with Crippen LogP contribution in [0.3, 0.4) is 0 Å². The number of hydrogen-bond donors (Lipinski definition) is 1. The van der Waals surface area contributed by atoms with E-state index in [9.17, 15) is 4.39 Å². The van der Waals surface area contributed by atoms with Crippen LogP contribution in [0.2, 0.25) is 0 Å². The molecule has 0 heterocycles. The Morgan fingerprint density at radius 1 is 1.42 bits per heavy atom. The molecule has 0 spiro atoms. The average molecular weight is 267 g/mol. The lowest BCUT2D eigenvalue weighted by Crippen LogP contribution is -2.33. The highest BCUT2D eigenvalue weighted by molar-refractivity contribution is 5.31. The SMILES string of the molecule is CCOC(C1CC1)C(NC)c1ccc(OC)c(F)c1. The lowest BCUT2D eigenvalue weighted by Gasteiger charge is -2.27. The topological polar surface area (TPSA) is 30.5 Å². The Morgan fingerprint density at radius 3 is 2.63 bits per heavy atom. The Hall–Kier alpha value is -1.13. The second-order valence-electron chi connectivity index (χ2n) is 4.92. The minimum Gasteiger partial charge on any atom is -0.494 e. The number of nitrogens with one attached hydrogen (secondary N) is 1. The number of benzene rings is 1. The molecule has 1 aliphatic carbocycles. The Balaban J connectivity index is 2.22. The molecule has 19 heavy (non-hydrogen) atoms. The van der Waals surface area contributed by atoms with Gasteiger partial charge in [-0.05, 0) is 50.4 Å². The number of halogens is 1. The van der Waals surface area contributed by atoms with Gasteiger partial charge >= 0.3 is 0 Å². The molecule has 1 aliphatic rings. The highest BCUT2D eigenvalue weighted by Gasteiger charge is 2.37. The zero-order valence-electron chi connectivity index (χ0n) is 11.8. The van der Waals surface area contributed by atoms with Gasteiger partial charge in [-0.25, -0.2) is 4.39 Å². The van der Waals surface area contributed by atoms with E-state index in [1.54, 1.807) is 6.07 Å². The van der Waals surface area contributed by atoms with Gasteiger partial charge in [0.25, 0.3) is 0 Å². The van der Waals surface area contributed by atoms with Crippen LogP contribution in [0.5, 0.6) is 5.75 Å². The summed E-state index contributed by atoms with van der Waals surface area (Å²) < 4.78 is 24.6. The molecule has 0 saturated heterocycles. The van der Waals surface area contributed by atoms with Crippen LogP contribution in [0.4, 0.5) is 4.39 Å². The van der Waals surface area contributed by atoms with E-state index in [1.807, 2.05) is 20.0 Å². The number of methoxy groups -OCH3 is 1. The second-order valence-corrected chi connectivity index (χ2v) is 4.92. The quantitative estimate of drug-likeness (QED) is 0.824. The van der Waals surface area contributed by atoms with E-state index in [2.05, 4.69) is 5.32 Å². The molecular weight excluding hydrogens is 245 g/mol. The predicted octanol–water partition coefficient (Wildman–Crippen LogP) is 2.91. The Bertz CT molecular complexity index is 421. The molecular formula is C15H22FNO2. The van der Waals surface area contributed by atoms with Gasteiger partial charge in [0.1, 0.15) is 0 Å². The van der Waals surface area contributed by atoms with Crippen molar-refractivity contribution in [3.8, 4) is 5.75 Å². The highest BCUT2D eigenvalue weighted by atomic mass is 19.1. The fourth-order valence-electron chi connectivity index (χ4n) is 2.52. The molecule has 0 aromatic heterocycles. The summed E-state index contributed by atoms with van der Waals surface area (Å²) in [6, 6.07) is 5.13. The fourth-order valence-corrected chi connectivity index (χ4v) is 2.52. The molecule has 1 aromatic rings. The number of hydrogen-bond acceptors (Lipinski definition) is 3. The number of likely N-dealkylation sites (N-methyl/N-ethyl adjacent to an activating group) is 1. The molecule has 2 unspecified atom stereocenters. The Morgan fingerprint density at radius 2 is 2.16 bits per heavy atom. The third-order valence-electron chi connectivity index (χ3n) is 3.62. The molecule has 0 amide bonds. The zero-order chi connectivity index (χ0) is 13.8. The minimum atomic E-state index is -0.328. The van der Waals surface area contributed by atoms with Crippen LogP contribution in [0, 0.1) is 11.7 Å². The molecule has 2 rings (SSSR count). The molecule has 2 atom stereocenters. The average Bonchev–Trinajstić information content (AvgIpc) is 3.23. The minimum absolute atomic E-state index is 0.0212. The van der Waals surface area contributed by atoms with E-state index in [0.29, 0.717) is 12.5 Å². The molecule has 106 valence electrons. The van der Waals surface area contributed by atoms with Crippen molar-refractivity contribution in [1.82, 2.24) is 5.32 Å². The first kappa shape index (κ1) is 14.3. The summed E-state index contributed by atoms with van der Waals surface area (Å²) in [5.41, 5.74) is 0.908. The molecule has 0 bridgehead atoms. The van der Waals surface area contributed by atoms with Crippen molar-refractivity contribution >= 4 is 0 Å². The summed E-state index contributed by atoms with van der Waals surface area (Å²) >= 11 is 0. The summed E-state index contributed by atoms with van der Waals surface area (Å²) in [6.45, 7) is 2.68. The van der Waals surface area contributed by atoms with Crippen LogP contribution < -0.4 is 10.1 Å². The molecule has 1 aromatic carbocycles. The maximum atomic E-state index is 13.8. The molecule has 0 aliphatic heterocycles. The van der Waals surface area contributed by atoms with Crippen LogP contribution in [-0.4, -0.2) is 26.9 Å². The first-order chi connectivity index (χ1) is 9.21. The molecule has 1 saturated carbocycles. The van der Waals surface area contributed by atoms with Crippen molar-refractivity contribution in [2.45, 2.75) is 31.9 Å². The zero-order valence-corrected chi connectivity index (χ0v) is 11.8. The van der Waals surface area contributed by atoms with Crippen molar-refractivity contribution in [1.29, 1.82) is 0 Å². The molecule has 1 fully saturated rings. The van der Waals surface area contributed by atoms with Gasteiger partial charge in [0, 0.05) is 6.61 Å². The van der Waals surface area contributed by atoms with Crippen LogP contribution in [0.1, 0.15) is 31.4 Å². The van der Waals surface area contributed by atoms with Gasteiger partial charge < -0.3 is 14.8 Å². The highest BCUT2D eigenvalue weighted by Crippen LogP contribution is 2.40. The van der Waals surface area contributed by atoms with Crippen LogP contribution in [0.25, 0.3) is 0 Å². The van der Waals surface area contributed by atoms with Gasteiger partial charge in [0.05, 0.1) is 19.3 Å². The number of ether oxygens (including phenoxy) is 2. The van der Waals surface area contributed by atoms with Crippen molar-refractivity contribution in [3.63, 3.8) is 0 Å². The van der Waals surface area contributed by atoms with Crippen LogP contribution in [-0.2, 0) is 4.74 Å². The monoisotopic (exact) mass is 267 g/mol. The molecule has 0 radical (unpaired) electrons. The smallest absolute Gasteiger partial charge is 0.165 e. The van der Waals surface area contributed by atoms with E-state index in [-0.39, 0.29) is 23.7 Å². The van der Waals surface area contributed by atoms with E-state index < -0.39 is 0 Å². The summed E-state index contributed by atoms with van der Waals surface area (Å²) in [7, 11) is 3.36. The largest absolute Gasteiger partial charge is 0.494 e. The van der Waals surface area contributed by atoms with E-state index >= 15 is 0 Å².